The van der Waals surface area contributed by atoms with Crippen molar-refractivity contribution < 1.29 is 0 Å². The Morgan fingerprint density at radius 1 is 1.05 bits per heavy atom. The Kier molecular flexibility index (Phi) is 3.52. The lowest BCUT2D eigenvalue weighted by Crippen LogP contribution is -2.19. The van der Waals surface area contributed by atoms with Crippen molar-refractivity contribution in [3.05, 3.63) is 70.5 Å². The topological polar surface area (TPSA) is 70.7 Å². The van der Waals surface area contributed by atoms with Gasteiger partial charge in [-0.05, 0) is 29.8 Å². The van der Waals surface area contributed by atoms with Crippen molar-refractivity contribution in [2.24, 2.45) is 0 Å². The van der Waals surface area contributed by atoms with E-state index in [0.717, 1.165) is 11.1 Å². The second-order valence-corrected chi connectivity index (χ2v) is 4.49. The van der Waals surface area contributed by atoms with E-state index in [0.29, 0.717) is 24.3 Å². The maximum atomic E-state index is 11.9. The van der Waals surface area contributed by atoms with E-state index in [9.17, 15) is 4.79 Å². The van der Waals surface area contributed by atoms with Crippen LogP contribution in [0.3, 0.4) is 0 Å². The summed E-state index contributed by atoms with van der Waals surface area (Å²) in [5.41, 5.74) is 1.76. The molecule has 20 heavy (non-hydrogen) atoms. The number of para-hydroxylation sites is 1. The first-order valence-corrected chi connectivity index (χ1v) is 6.40. The molecule has 0 fully saturated rings. The van der Waals surface area contributed by atoms with Gasteiger partial charge in [0.05, 0.1) is 17.4 Å². The number of hydrogen-bond donors (Lipinski definition) is 2. The zero-order chi connectivity index (χ0) is 13.8. The highest BCUT2D eigenvalue weighted by atomic mass is 16.1. The van der Waals surface area contributed by atoms with Crippen molar-refractivity contribution in [2.75, 3.05) is 0 Å². The number of hydrogen-bond acceptors (Lipinski definition) is 4. The van der Waals surface area contributed by atoms with Crippen LogP contribution in [0.1, 0.15) is 11.4 Å². The van der Waals surface area contributed by atoms with E-state index in [2.05, 4.69) is 20.3 Å². The Morgan fingerprint density at radius 3 is 2.70 bits per heavy atom. The summed E-state index contributed by atoms with van der Waals surface area (Å²) in [5, 5.41) is 3.87. The first-order valence-electron chi connectivity index (χ1n) is 6.40. The molecule has 2 aromatic heterocycles. The van der Waals surface area contributed by atoms with Crippen LogP contribution in [0, 0.1) is 0 Å². The molecule has 1 aromatic carbocycles. The number of benzene rings is 1. The number of aromatic nitrogens is 3. The third-order valence-corrected chi connectivity index (χ3v) is 3.03. The maximum absolute atomic E-state index is 11.9. The summed E-state index contributed by atoms with van der Waals surface area (Å²) >= 11 is 0. The fourth-order valence-corrected chi connectivity index (χ4v) is 2.04. The fraction of sp³-hybridized carbons (Fsp3) is 0.133. The van der Waals surface area contributed by atoms with Crippen molar-refractivity contribution >= 4 is 10.9 Å². The van der Waals surface area contributed by atoms with Crippen LogP contribution in [0.4, 0.5) is 0 Å². The summed E-state index contributed by atoms with van der Waals surface area (Å²) < 4.78 is 0. The lowest BCUT2D eigenvalue weighted by molar-refractivity contribution is 0.662. The highest BCUT2D eigenvalue weighted by Gasteiger charge is 2.02. The number of nitrogens with one attached hydrogen (secondary N) is 2. The predicted octanol–water partition coefficient (Wildman–Crippen LogP) is 1.61. The minimum Gasteiger partial charge on any atom is -0.309 e. The van der Waals surface area contributed by atoms with Gasteiger partial charge >= 0.3 is 0 Å². The smallest absolute Gasteiger partial charge is 0.258 e. The van der Waals surface area contributed by atoms with E-state index >= 15 is 0 Å². The van der Waals surface area contributed by atoms with Crippen LogP contribution in [0.15, 0.2) is 53.6 Å². The number of fused-ring (bicyclic) bond motifs is 1. The first kappa shape index (κ1) is 12.5. The monoisotopic (exact) mass is 266 g/mol. The molecule has 2 heterocycles. The number of rotatable bonds is 4. The van der Waals surface area contributed by atoms with Crippen LogP contribution in [-0.2, 0) is 13.1 Å². The molecule has 0 aliphatic heterocycles. The summed E-state index contributed by atoms with van der Waals surface area (Å²) in [6.07, 6.45) is 3.51. The van der Waals surface area contributed by atoms with Gasteiger partial charge in [-0.25, -0.2) is 4.98 Å². The zero-order valence-electron chi connectivity index (χ0n) is 10.8. The van der Waals surface area contributed by atoms with E-state index in [1.807, 2.05) is 30.3 Å². The van der Waals surface area contributed by atoms with Crippen LogP contribution in [-0.4, -0.2) is 15.0 Å². The maximum Gasteiger partial charge on any atom is 0.258 e. The standard InChI is InChI=1S/C15H14N4O/c20-15-12-3-1-2-4-13(12)18-14(19-15)10-17-9-11-5-7-16-8-6-11/h1-8,17H,9-10H2,(H,18,19,20). The molecular weight excluding hydrogens is 252 g/mol. The van der Waals surface area contributed by atoms with Gasteiger partial charge in [-0.1, -0.05) is 12.1 Å². The van der Waals surface area contributed by atoms with Crippen molar-refractivity contribution in [3.8, 4) is 0 Å². The van der Waals surface area contributed by atoms with Gasteiger partial charge in [-0.15, -0.1) is 0 Å². The van der Waals surface area contributed by atoms with Crippen LogP contribution >= 0.6 is 0 Å². The molecule has 0 bridgehead atoms. The molecule has 5 nitrogen and oxygen atoms in total. The lowest BCUT2D eigenvalue weighted by atomic mass is 10.2. The van der Waals surface area contributed by atoms with Crippen LogP contribution in [0.5, 0.6) is 0 Å². The molecule has 0 unspecified atom stereocenters. The molecule has 0 atom stereocenters. The van der Waals surface area contributed by atoms with E-state index in [1.165, 1.54) is 0 Å². The van der Waals surface area contributed by atoms with Crippen molar-refractivity contribution in [1.82, 2.24) is 20.3 Å². The minimum absolute atomic E-state index is 0.101. The number of aromatic amines is 1. The van der Waals surface area contributed by atoms with Gasteiger partial charge in [0.25, 0.3) is 5.56 Å². The third kappa shape index (κ3) is 2.73. The van der Waals surface area contributed by atoms with Crippen LogP contribution < -0.4 is 10.9 Å². The van der Waals surface area contributed by atoms with Gasteiger partial charge in [-0.2, -0.15) is 0 Å². The molecule has 3 aromatic rings. The molecule has 0 radical (unpaired) electrons. The lowest BCUT2D eigenvalue weighted by Gasteiger charge is -2.05. The highest BCUT2D eigenvalue weighted by molar-refractivity contribution is 5.77. The van der Waals surface area contributed by atoms with Crippen molar-refractivity contribution in [3.63, 3.8) is 0 Å². The molecule has 0 amide bonds. The summed E-state index contributed by atoms with van der Waals surface area (Å²) in [6.45, 7) is 1.22. The van der Waals surface area contributed by atoms with E-state index in [-0.39, 0.29) is 5.56 Å². The number of H-pyrrole nitrogens is 1. The molecule has 3 rings (SSSR count). The summed E-state index contributed by atoms with van der Waals surface area (Å²) in [7, 11) is 0. The SMILES string of the molecule is O=c1[nH]c(CNCc2ccncc2)nc2ccccc12. The number of pyridine rings is 1. The molecule has 0 spiro atoms. The zero-order valence-corrected chi connectivity index (χ0v) is 10.8. The predicted molar refractivity (Wildman–Crippen MR) is 77.1 cm³/mol. The Labute approximate surface area is 115 Å². The Hall–Kier alpha value is -2.53. The molecule has 2 N–H and O–H groups in total. The molecule has 5 heteroatoms. The second kappa shape index (κ2) is 5.63. The summed E-state index contributed by atoms with van der Waals surface area (Å²) in [4.78, 5) is 23.1. The first-order chi connectivity index (χ1) is 9.83. The Balaban J connectivity index is 1.73. The summed E-state index contributed by atoms with van der Waals surface area (Å²) in [6, 6.07) is 11.2. The third-order valence-electron chi connectivity index (χ3n) is 3.03. The van der Waals surface area contributed by atoms with Crippen molar-refractivity contribution in [1.29, 1.82) is 0 Å². The van der Waals surface area contributed by atoms with Gasteiger partial charge in [0.15, 0.2) is 0 Å². The van der Waals surface area contributed by atoms with Crippen molar-refractivity contribution in [2.45, 2.75) is 13.1 Å². The molecule has 0 aliphatic carbocycles. The largest absolute Gasteiger partial charge is 0.309 e. The van der Waals surface area contributed by atoms with E-state index in [4.69, 9.17) is 0 Å². The van der Waals surface area contributed by atoms with E-state index in [1.54, 1.807) is 18.5 Å². The molecular formula is C15H14N4O. The van der Waals surface area contributed by atoms with Crippen LogP contribution in [0.25, 0.3) is 10.9 Å². The average molecular weight is 266 g/mol. The van der Waals surface area contributed by atoms with Gasteiger partial charge in [0, 0.05) is 18.9 Å². The van der Waals surface area contributed by atoms with Gasteiger partial charge in [0.1, 0.15) is 5.82 Å². The minimum atomic E-state index is -0.101. The Bertz CT molecular complexity index is 767. The van der Waals surface area contributed by atoms with Gasteiger partial charge < -0.3 is 10.3 Å². The molecule has 100 valence electrons. The van der Waals surface area contributed by atoms with Gasteiger partial charge in [-0.3, -0.25) is 9.78 Å². The fourth-order valence-electron chi connectivity index (χ4n) is 2.04. The van der Waals surface area contributed by atoms with E-state index < -0.39 is 0 Å². The second-order valence-electron chi connectivity index (χ2n) is 4.49. The molecule has 0 saturated heterocycles. The molecule has 0 aliphatic rings. The average Bonchev–Trinajstić information content (AvgIpc) is 2.48. The van der Waals surface area contributed by atoms with Crippen LogP contribution in [0.2, 0.25) is 0 Å². The normalized spacial score (nSPS) is 10.8. The summed E-state index contributed by atoms with van der Waals surface area (Å²) in [5.74, 6) is 0.641. The Morgan fingerprint density at radius 2 is 1.85 bits per heavy atom. The quantitative estimate of drug-likeness (QED) is 0.752. The molecule has 0 saturated carbocycles. The highest BCUT2D eigenvalue weighted by Crippen LogP contribution is 2.05. The van der Waals surface area contributed by atoms with Gasteiger partial charge in [0.2, 0.25) is 0 Å². The number of nitrogens with zero attached hydrogens (tertiary/aromatic N) is 2.